The lowest BCUT2D eigenvalue weighted by molar-refractivity contribution is 0.156. The Morgan fingerprint density at radius 3 is 1.94 bits per heavy atom. The Morgan fingerprint density at radius 1 is 1.00 bits per heavy atom. The normalized spacial score (nSPS) is 15.8. The number of hydrogen-bond donors (Lipinski definition) is 2. The predicted molar refractivity (Wildman–Crippen MR) is 69.6 cm³/mol. The molecule has 0 fully saturated rings. The second-order valence-electron chi connectivity index (χ2n) is 4.73. The molecule has 0 aromatic rings. The Hall–Kier alpha value is -0.130. The van der Waals surface area contributed by atoms with Crippen LogP contribution in [0.2, 0.25) is 0 Å². The van der Waals surface area contributed by atoms with Crippen molar-refractivity contribution in [2.24, 2.45) is 0 Å². The van der Waals surface area contributed by atoms with Crippen molar-refractivity contribution in [1.29, 1.82) is 0 Å². The van der Waals surface area contributed by atoms with Crippen LogP contribution < -0.4 is 0 Å². The Labute approximate surface area is 105 Å². The zero-order valence-corrected chi connectivity index (χ0v) is 11.7. The Balaban J connectivity index is 3.36. The molecule has 104 valence electrons. The highest BCUT2D eigenvalue weighted by Gasteiger charge is 2.15. The Bertz CT molecular complexity index is 274. The maximum Gasteiger partial charge on any atom is 0.267 e. The lowest BCUT2D eigenvalue weighted by Gasteiger charge is -2.08. The van der Waals surface area contributed by atoms with E-state index in [2.05, 4.69) is 0 Å². The highest BCUT2D eigenvalue weighted by atomic mass is 32.2. The fourth-order valence-electron chi connectivity index (χ4n) is 1.70. The summed E-state index contributed by atoms with van der Waals surface area (Å²) in [6.07, 6.45) is 7.02. The third kappa shape index (κ3) is 9.56. The second-order valence-corrected chi connectivity index (χ2v) is 6.57. The average Bonchev–Trinajstić information content (AvgIpc) is 2.25. The molecule has 2 N–H and O–H groups in total. The summed E-state index contributed by atoms with van der Waals surface area (Å²) in [5, 5.41) is 8.68. The van der Waals surface area contributed by atoms with Crippen molar-refractivity contribution in [3.8, 4) is 0 Å². The van der Waals surface area contributed by atoms with Crippen molar-refractivity contribution in [3.63, 3.8) is 0 Å². The molecular formula is C12H26O4S. The van der Waals surface area contributed by atoms with Crippen LogP contribution in [-0.4, -0.2) is 29.4 Å². The number of unbranched alkanes of at least 4 members (excludes halogenated alkanes) is 4. The molecule has 0 aliphatic heterocycles. The smallest absolute Gasteiger partial charge is 0.267 e. The zero-order valence-electron chi connectivity index (χ0n) is 10.9. The summed E-state index contributed by atoms with van der Waals surface area (Å²) in [4.78, 5) is 0. The first-order valence-corrected chi connectivity index (χ1v) is 8.02. The molecule has 0 heterocycles. The summed E-state index contributed by atoms with van der Waals surface area (Å²) < 4.78 is 30.2. The molecule has 0 radical (unpaired) electrons. The molecule has 0 aliphatic carbocycles. The van der Waals surface area contributed by atoms with Crippen molar-refractivity contribution >= 4 is 10.1 Å². The molecule has 0 bridgehead atoms. The largest absolute Gasteiger partial charge is 0.393 e. The van der Waals surface area contributed by atoms with Gasteiger partial charge in [0, 0.05) is 0 Å². The third-order valence-electron chi connectivity index (χ3n) is 3.13. The van der Waals surface area contributed by atoms with Gasteiger partial charge in [0.15, 0.2) is 0 Å². The van der Waals surface area contributed by atoms with Gasteiger partial charge in [-0.05, 0) is 26.2 Å². The number of rotatable bonds is 10. The van der Waals surface area contributed by atoms with E-state index in [1.807, 2.05) is 6.92 Å². The molecule has 0 saturated carbocycles. The van der Waals surface area contributed by atoms with E-state index < -0.39 is 15.4 Å². The molecule has 4 nitrogen and oxygen atoms in total. The van der Waals surface area contributed by atoms with E-state index in [1.54, 1.807) is 0 Å². The van der Waals surface area contributed by atoms with E-state index in [1.165, 1.54) is 6.92 Å². The van der Waals surface area contributed by atoms with Gasteiger partial charge in [-0.15, -0.1) is 0 Å². The Kier molecular flexibility index (Phi) is 8.82. The maximum absolute atomic E-state index is 10.7. The Morgan fingerprint density at radius 2 is 1.47 bits per heavy atom. The summed E-state index contributed by atoms with van der Waals surface area (Å²) >= 11 is 0. The molecule has 17 heavy (non-hydrogen) atoms. The van der Waals surface area contributed by atoms with Crippen LogP contribution in [-0.2, 0) is 10.1 Å². The SMILES string of the molecule is CCC(O)CCCCCCCC(C)S(=O)(=O)O. The first-order valence-electron chi connectivity index (χ1n) is 6.52. The molecule has 5 heteroatoms. The maximum atomic E-state index is 10.7. The van der Waals surface area contributed by atoms with Crippen LogP contribution in [0, 0.1) is 0 Å². The van der Waals surface area contributed by atoms with Gasteiger partial charge in [-0.3, -0.25) is 4.55 Å². The van der Waals surface area contributed by atoms with Crippen LogP contribution in [0.3, 0.4) is 0 Å². The van der Waals surface area contributed by atoms with Gasteiger partial charge in [0.1, 0.15) is 0 Å². The fourth-order valence-corrected chi connectivity index (χ4v) is 2.16. The van der Waals surface area contributed by atoms with Crippen molar-refractivity contribution in [2.75, 3.05) is 0 Å². The minimum atomic E-state index is -3.85. The van der Waals surface area contributed by atoms with Crippen molar-refractivity contribution in [2.45, 2.75) is 76.6 Å². The summed E-state index contributed by atoms with van der Waals surface area (Å²) in [6, 6.07) is 0. The molecule has 0 spiro atoms. The van der Waals surface area contributed by atoms with Crippen LogP contribution in [0.25, 0.3) is 0 Å². The van der Waals surface area contributed by atoms with Crippen molar-refractivity contribution < 1.29 is 18.1 Å². The average molecular weight is 266 g/mol. The lowest BCUT2D eigenvalue weighted by atomic mass is 10.1. The molecule has 0 aromatic carbocycles. The first-order chi connectivity index (χ1) is 7.88. The van der Waals surface area contributed by atoms with Crippen molar-refractivity contribution in [1.82, 2.24) is 0 Å². The van der Waals surface area contributed by atoms with Gasteiger partial charge in [-0.1, -0.05) is 39.0 Å². The molecular weight excluding hydrogens is 240 g/mol. The van der Waals surface area contributed by atoms with Crippen LogP contribution in [0.4, 0.5) is 0 Å². The molecule has 0 rings (SSSR count). The third-order valence-corrected chi connectivity index (χ3v) is 4.38. The minimum Gasteiger partial charge on any atom is -0.393 e. The lowest BCUT2D eigenvalue weighted by Crippen LogP contribution is -2.16. The summed E-state index contributed by atoms with van der Waals surface area (Å²) in [5.74, 6) is 0. The molecule has 2 atom stereocenters. The number of hydrogen-bond acceptors (Lipinski definition) is 3. The molecule has 0 aromatic heterocycles. The van der Waals surface area contributed by atoms with Gasteiger partial charge in [0.2, 0.25) is 0 Å². The summed E-state index contributed by atoms with van der Waals surface area (Å²) in [5.41, 5.74) is 0. The van der Waals surface area contributed by atoms with Gasteiger partial charge in [0.05, 0.1) is 11.4 Å². The topological polar surface area (TPSA) is 74.6 Å². The van der Waals surface area contributed by atoms with E-state index in [0.717, 1.165) is 44.9 Å². The molecule has 0 amide bonds. The monoisotopic (exact) mass is 266 g/mol. The first kappa shape index (κ1) is 16.9. The van der Waals surface area contributed by atoms with Crippen molar-refractivity contribution in [3.05, 3.63) is 0 Å². The zero-order chi connectivity index (χ0) is 13.3. The number of aliphatic hydroxyl groups excluding tert-OH is 1. The van der Waals surface area contributed by atoms with Gasteiger partial charge in [-0.25, -0.2) is 0 Å². The van der Waals surface area contributed by atoms with E-state index >= 15 is 0 Å². The quantitative estimate of drug-likeness (QED) is 0.471. The van der Waals surface area contributed by atoms with Crippen LogP contribution in [0.5, 0.6) is 0 Å². The summed E-state index contributed by atoms with van der Waals surface area (Å²) in [7, 11) is -3.85. The van der Waals surface area contributed by atoms with E-state index in [0.29, 0.717) is 6.42 Å². The van der Waals surface area contributed by atoms with E-state index in [4.69, 9.17) is 4.55 Å². The van der Waals surface area contributed by atoms with Crippen LogP contribution in [0.15, 0.2) is 0 Å². The van der Waals surface area contributed by atoms with Gasteiger partial charge in [0.25, 0.3) is 10.1 Å². The molecule has 0 saturated heterocycles. The van der Waals surface area contributed by atoms with Crippen LogP contribution in [0.1, 0.15) is 65.2 Å². The summed E-state index contributed by atoms with van der Waals surface area (Å²) in [6.45, 7) is 3.51. The van der Waals surface area contributed by atoms with Crippen LogP contribution >= 0.6 is 0 Å². The predicted octanol–water partition coefficient (Wildman–Crippen LogP) is 2.76. The van der Waals surface area contributed by atoms with E-state index in [-0.39, 0.29) is 6.10 Å². The van der Waals surface area contributed by atoms with Gasteiger partial charge < -0.3 is 5.11 Å². The van der Waals surface area contributed by atoms with E-state index in [9.17, 15) is 13.5 Å². The number of aliphatic hydroxyl groups is 1. The highest BCUT2D eigenvalue weighted by molar-refractivity contribution is 7.86. The standard InChI is InChI=1S/C12H26O4S/c1-3-12(13)10-8-6-4-5-7-9-11(2)17(14,15)16/h11-13H,3-10H2,1-2H3,(H,14,15,16). The van der Waals surface area contributed by atoms with Gasteiger partial charge >= 0.3 is 0 Å². The molecule has 2 unspecified atom stereocenters. The highest BCUT2D eigenvalue weighted by Crippen LogP contribution is 2.13. The van der Waals surface area contributed by atoms with Gasteiger partial charge in [-0.2, -0.15) is 8.42 Å². The fraction of sp³-hybridized carbons (Fsp3) is 1.00. The second kappa shape index (κ2) is 8.89. The molecule has 0 aliphatic rings. The minimum absolute atomic E-state index is 0.172.